The van der Waals surface area contributed by atoms with Gasteiger partial charge in [-0.3, -0.25) is 9.59 Å². The van der Waals surface area contributed by atoms with Crippen LogP contribution in [0.3, 0.4) is 0 Å². The normalized spacial score (nSPS) is 10.6. The minimum absolute atomic E-state index is 0.0348. The molecule has 0 saturated carbocycles. The van der Waals surface area contributed by atoms with Crippen molar-refractivity contribution in [2.24, 2.45) is 0 Å². The Balaban J connectivity index is 1.46. The van der Waals surface area contributed by atoms with E-state index in [4.69, 9.17) is 13.6 Å². The van der Waals surface area contributed by atoms with Crippen molar-refractivity contribution in [3.8, 4) is 17.2 Å². The molecule has 0 aliphatic rings. The minimum Gasteiger partial charge on any atom is -0.495 e. The van der Waals surface area contributed by atoms with Gasteiger partial charge in [-0.25, -0.2) is 0 Å². The Morgan fingerprint density at radius 1 is 1.17 bits per heavy atom. The van der Waals surface area contributed by atoms with E-state index in [0.29, 0.717) is 28.7 Å². The van der Waals surface area contributed by atoms with Crippen LogP contribution in [0.5, 0.6) is 5.75 Å². The highest BCUT2D eigenvalue weighted by atomic mass is 32.2. The lowest BCUT2D eigenvalue weighted by molar-refractivity contribution is -0.122. The molecule has 10 heteroatoms. The number of rotatable bonds is 8. The van der Waals surface area contributed by atoms with E-state index in [-0.39, 0.29) is 29.3 Å². The van der Waals surface area contributed by atoms with Crippen LogP contribution in [0.4, 0.5) is 5.69 Å². The first-order valence-corrected chi connectivity index (χ1v) is 9.67. The lowest BCUT2D eigenvalue weighted by atomic mass is 10.2. The molecule has 0 atom stereocenters. The third-order valence-corrected chi connectivity index (χ3v) is 4.72. The molecule has 0 aliphatic heterocycles. The molecule has 1 aromatic carbocycles. The summed E-state index contributed by atoms with van der Waals surface area (Å²) in [6.07, 6.45) is 1.53. The lowest BCUT2D eigenvalue weighted by Crippen LogP contribution is -2.34. The number of thioether (sulfide) groups is 1. The van der Waals surface area contributed by atoms with Crippen LogP contribution in [0, 0.1) is 13.8 Å². The van der Waals surface area contributed by atoms with Crippen molar-refractivity contribution in [2.75, 3.05) is 24.7 Å². The van der Waals surface area contributed by atoms with Crippen molar-refractivity contribution in [1.29, 1.82) is 0 Å². The summed E-state index contributed by atoms with van der Waals surface area (Å²) < 4.78 is 15.9. The summed E-state index contributed by atoms with van der Waals surface area (Å²) in [6.45, 7) is 3.53. The third-order valence-electron chi connectivity index (χ3n) is 3.90. The molecule has 0 aliphatic carbocycles. The number of benzene rings is 1. The van der Waals surface area contributed by atoms with Crippen LogP contribution in [0.15, 0.2) is 44.6 Å². The number of ether oxygens (including phenoxy) is 1. The van der Waals surface area contributed by atoms with Crippen molar-refractivity contribution >= 4 is 29.3 Å². The Bertz CT molecular complexity index is 1010. The maximum absolute atomic E-state index is 12.1. The van der Waals surface area contributed by atoms with E-state index >= 15 is 0 Å². The second-order valence-electron chi connectivity index (χ2n) is 6.08. The van der Waals surface area contributed by atoms with Crippen LogP contribution in [0.1, 0.15) is 11.3 Å². The molecule has 29 heavy (non-hydrogen) atoms. The molecule has 9 nitrogen and oxygen atoms in total. The maximum atomic E-state index is 12.1. The van der Waals surface area contributed by atoms with Crippen LogP contribution in [0.25, 0.3) is 11.5 Å². The van der Waals surface area contributed by atoms with Gasteiger partial charge in [-0.1, -0.05) is 17.8 Å². The summed E-state index contributed by atoms with van der Waals surface area (Å²) in [6, 6.07) is 7.17. The molecule has 2 heterocycles. The molecule has 0 bridgehead atoms. The highest BCUT2D eigenvalue weighted by Crippen LogP contribution is 2.26. The number of anilines is 1. The molecule has 0 unspecified atom stereocenters. The van der Waals surface area contributed by atoms with Crippen LogP contribution < -0.4 is 15.4 Å². The van der Waals surface area contributed by atoms with Gasteiger partial charge in [0.25, 0.3) is 11.1 Å². The van der Waals surface area contributed by atoms with Gasteiger partial charge < -0.3 is 24.2 Å². The van der Waals surface area contributed by atoms with Crippen molar-refractivity contribution in [2.45, 2.75) is 19.1 Å². The number of hydrogen-bond acceptors (Lipinski definition) is 8. The van der Waals surface area contributed by atoms with Crippen molar-refractivity contribution < 1.29 is 23.2 Å². The van der Waals surface area contributed by atoms with Crippen LogP contribution in [0.2, 0.25) is 0 Å². The second-order valence-corrected chi connectivity index (χ2v) is 7.01. The van der Waals surface area contributed by atoms with E-state index in [1.807, 2.05) is 13.0 Å². The zero-order chi connectivity index (χ0) is 20.8. The SMILES string of the molecule is COc1ccc(C)cc1NC(=O)CNC(=O)CSc1nnc(-c2ccoc2C)o1. The van der Waals surface area contributed by atoms with Gasteiger partial charge >= 0.3 is 0 Å². The molecular formula is C19H20N4O5S. The topological polar surface area (TPSA) is 119 Å². The Morgan fingerprint density at radius 3 is 2.72 bits per heavy atom. The van der Waals surface area contributed by atoms with Gasteiger partial charge in [-0.15, -0.1) is 10.2 Å². The van der Waals surface area contributed by atoms with Crippen molar-refractivity contribution in [3.63, 3.8) is 0 Å². The fourth-order valence-electron chi connectivity index (χ4n) is 2.45. The summed E-state index contributed by atoms with van der Waals surface area (Å²) in [4.78, 5) is 24.1. The number of carbonyl (C=O) groups excluding carboxylic acids is 2. The maximum Gasteiger partial charge on any atom is 0.277 e. The summed E-state index contributed by atoms with van der Waals surface area (Å²) in [5.74, 6) is 0.881. The first-order valence-electron chi connectivity index (χ1n) is 8.68. The summed E-state index contributed by atoms with van der Waals surface area (Å²) >= 11 is 1.08. The predicted octanol–water partition coefficient (Wildman–Crippen LogP) is 2.80. The highest BCUT2D eigenvalue weighted by molar-refractivity contribution is 7.99. The number of aromatic nitrogens is 2. The molecule has 2 aromatic heterocycles. The van der Waals surface area contributed by atoms with E-state index in [0.717, 1.165) is 17.3 Å². The number of furan rings is 1. The Hall–Kier alpha value is -3.27. The molecule has 0 spiro atoms. The summed E-state index contributed by atoms with van der Waals surface area (Å²) in [7, 11) is 1.52. The molecule has 3 rings (SSSR count). The number of amides is 2. The molecule has 3 aromatic rings. The van der Waals surface area contributed by atoms with Crippen LogP contribution in [-0.2, 0) is 9.59 Å². The number of nitrogens with one attached hydrogen (secondary N) is 2. The Morgan fingerprint density at radius 2 is 2.00 bits per heavy atom. The van der Waals surface area contributed by atoms with Crippen LogP contribution >= 0.6 is 11.8 Å². The second kappa shape index (κ2) is 9.28. The number of carbonyl (C=O) groups is 2. The summed E-state index contributed by atoms with van der Waals surface area (Å²) in [5, 5.41) is 13.4. The molecule has 0 saturated heterocycles. The van der Waals surface area contributed by atoms with E-state index in [2.05, 4.69) is 20.8 Å². The van der Waals surface area contributed by atoms with Gasteiger partial charge in [0, 0.05) is 0 Å². The quantitative estimate of drug-likeness (QED) is 0.538. The van der Waals surface area contributed by atoms with Gasteiger partial charge in [-0.05, 0) is 37.6 Å². The summed E-state index contributed by atoms with van der Waals surface area (Å²) in [5.41, 5.74) is 2.23. The first kappa shape index (κ1) is 20.5. The van der Waals surface area contributed by atoms with E-state index in [1.54, 1.807) is 25.1 Å². The minimum atomic E-state index is -0.359. The molecule has 2 N–H and O–H groups in total. The van der Waals surface area contributed by atoms with Gasteiger partial charge in [0.15, 0.2) is 0 Å². The molecule has 0 fully saturated rings. The first-order chi connectivity index (χ1) is 14.0. The monoisotopic (exact) mass is 416 g/mol. The Kier molecular flexibility index (Phi) is 6.55. The molecule has 0 radical (unpaired) electrons. The third kappa shape index (κ3) is 5.38. The van der Waals surface area contributed by atoms with E-state index in [9.17, 15) is 9.59 Å². The van der Waals surface area contributed by atoms with Gasteiger partial charge in [0.1, 0.15) is 11.5 Å². The van der Waals surface area contributed by atoms with Gasteiger partial charge in [-0.2, -0.15) is 0 Å². The van der Waals surface area contributed by atoms with Gasteiger partial charge in [0.05, 0.1) is 36.9 Å². The zero-order valence-electron chi connectivity index (χ0n) is 16.1. The van der Waals surface area contributed by atoms with E-state index in [1.165, 1.54) is 13.4 Å². The van der Waals surface area contributed by atoms with Crippen molar-refractivity contribution in [1.82, 2.24) is 15.5 Å². The van der Waals surface area contributed by atoms with Crippen molar-refractivity contribution in [3.05, 3.63) is 41.9 Å². The molecular weight excluding hydrogens is 396 g/mol. The van der Waals surface area contributed by atoms with E-state index < -0.39 is 0 Å². The zero-order valence-corrected chi connectivity index (χ0v) is 17.0. The fourth-order valence-corrected chi connectivity index (χ4v) is 3.05. The molecule has 2 amide bonds. The number of aryl methyl sites for hydroxylation is 2. The Labute approximate surface area is 171 Å². The number of nitrogens with zero attached hydrogens (tertiary/aromatic N) is 2. The number of hydrogen-bond donors (Lipinski definition) is 2. The average molecular weight is 416 g/mol. The fraction of sp³-hybridized carbons (Fsp3) is 0.263. The predicted molar refractivity (Wildman–Crippen MR) is 107 cm³/mol. The highest BCUT2D eigenvalue weighted by Gasteiger charge is 2.15. The smallest absolute Gasteiger partial charge is 0.277 e. The number of methoxy groups -OCH3 is 1. The largest absolute Gasteiger partial charge is 0.495 e. The van der Waals surface area contributed by atoms with Gasteiger partial charge in [0.2, 0.25) is 11.8 Å². The lowest BCUT2D eigenvalue weighted by Gasteiger charge is -2.11. The molecule has 152 valence electrons. The average Bonchev–Trinajstić information content (AvgIpc) is 3.33. The standard InChI is InChI=1S/C19H20N4O5S/c1-11-4-5-15(26-3)14(8-11)21-16(24)9-20-17(25)10-29-19-23-22-18(28-19)13-6-7-27-12(13)2/h4-8H,9-10H2,1-3H3,(H,20,25)(H,21,24). The van der Waals surface area contributed by atoms with Crippen LogP contribution in [-0.4, -0.2) is 41.4 Å².